The molecule has 0 atom stereocenters. The highest BCUT2D eigenvalue weighted by molar-refractivity contribution is 6.00. The molecule has 0 radical (unpaired) electrons. The topological polar surface area (TPSA) is 46.6 Å². The first-order valence-electron chi connectivity index (χ1n) is 10.7. The fourth-order valence-electron chi connectivity index (χ4n) is 4.31. The SMILES string of the molecule is Cc1ccc(-c2ccccc2C(=O)OCC(=O)C=C2N(C)c3ccccc3C2(C)C)cc1. The average Bonchev–Trinajstić information content (AvgIpc) is 2.99. The van der Waals surface area contributed by atoms with Crippen molar-refractivity contribution in [1.82, 2.24) is 0 Å². The molecular weight excluding hydrogens is 398 g/mol. The van der Waals surface area contributed by atoms with Crippen LogP contribution in [0, 0.1) is 6.92 Å². The number of fused-ring (bicyclic) bond motifs is 1. The number of ether oxygens (including phenoxy) is 1. The van der Waals surface area contributed by atoms with Crippen molar-refractivity contribution in [3.8, 4) is 11.1 Å². The first-order valence-corrected chi connectivity index (χ1v) is 10.7. The van der Waals surface area contributed by atoms with E-state index in [-0.39, 0.29) is 17.8 Å². The van der Waals surface area contributed by atoms with Crippen molar-refractivity contribution in [2.75, 3.05) is 18.6 Å². The van der Waals surface area contributed by atoms with E-state index in [2.05, 4.69) is 19.9 Å². The van der Waals surface area contributed by atoms with Crippen LogP contribution in [0.15, 0.2) is 84.6 Å². The Kier molecular flexibility index (Phi) is 5.70. The summed E-state index contributed by atoms with van der Waals surface area (Å²) in [6.45, 7) is 5.91. The van der Waals surface area contributed by atoms with E-state index in [9.17, 15) is 9.59 Å². The quantitative estimate of drug-likeness (QED) is 0.389. The summed E-state index contributed by atoms with van der Waals surface area (Å²) in [5.41, 5.74) is 6.16. The molecule has 0 N–H and O–H groups in total. The molecule has 4 nitrogen and oxygen atoms in total. The maximum atomic E-state index is 12.8. The van der Waals surface area contributed by atoms with Gasteiger partial charge in [-0.15, -0.1) is 0 Å². The van der Waals surface area contributed by atoms with Crippen LogP contribution in [-0.2, 0) is 14.9 Å². The molecule has 1 aliphatic heterocycles. The summed E-state index contributed by atoms with van der Waals surface area (Å²) >= 11 is 0. The molecular formula is C28H27NO3. The summed E-state index contributed by atoms with van der Waals surface area (Å²) in [5, 5.41) is 0. The number of anilines is 1. The second kappa shape index (κ2) is 8.46. The van der Waals surface area contributed by atoms with Crippen molar-refractivity contribution in [2.45, 2.75) is 26.2 Å². The third kappa shape index (κ3) is 3.96. The Bertz CT molecular complexity index is 1210. The number of esters is 1. The smallest absolute Gasteiger partial charge is 0.339 e. The number of hydrogen-bond acceptors (Lipinski definition) is 4. The van der Waals surface area contributed by atoms with Gasteiger partial charge < -0.3 is 9.64 Å². The first-order chi connectivity index (χ1) is 15.3. The van der Waals surface area contributed by atoms with Crippen molar-refractivity contribution >= 4 is 17.4 Å². The molecule has 4 heteroatoms. The van der Waals surface area contributed by atoms with E-state index in [0.717, 1.165) is 28.1 Å². The summed E-state index contributed by atoms with van der Waals surface area (Å²) < 4.78 is 5.41. The third-order valence-electron chi connectivity index (χ3n) is 6.09. The van der Waals surface area contributed by atoms with Gasteiger partial charge in [-0.3, -0.25) is 4.79 Å². The number of para-hydroxylation sites is 1. The molecule has 0 saturated heterocycles. The lowest BCUT2D eigenvalue weighted by molar-refractivity contribution is -0.117. The van der Waals surface area contributed by atoms with Gasteiger partial charge in [0.2, 0.25) is 0 Å². The van der Waals surface area contributed by atoms with Gasteiger partial charge in [0.05, 0.1) is 5.56 Å². The highest BCUT2D eigenvalue weighted by atomic mass is 16.5. The van der Waals surface area contributed by atoms with Crippen molar-refractivity contribution in [1.29, 1.82) is 0 Å². The van der Waals surface area contributed by atoms with Gasteiger partial charge in [-0.25, -0.2) is 4.79 Å². The van der Waals surface area contributed by atoms with Crippen LogP contribution in [0.3, 0.4) is 0 Å². The van der Waals surface area contributed by atoms with Crippen LogP contribution in [-0.4, -0.2) is 25.4 Å². The van der Waals surface area contributed by atoms with Crippen molar-refractivity contribution in [2.24, 2.45) is 0 Å². The van der Waals surface area contributed by atoms with E-state index in [1.165, 1.54) is 5.56 Å². The van der Waals surface area contributed by atoms with Crippen molar-refractivity contribution in [3.63, 3.8) is 0 Å². The van der Waals surface area contributed by atoms with E-state index < -0.39 is 5.97 Å². The molecule has 1 aliphatic rings. The summed E-state index contributed by atoms with van der Waals surface area (Å²) in [5.74, 6) is -0.746. The lowest BCUT2D eigenvalue weighted by Gasteiger charge is -2.23. The number of aryl methyl sites for hydroxylation is 1. The van der Waals surface area contributed by atoms with Crippen LogP contribution in [0.1, 0.15) is 35.3 Å². The zero-order chi connectivity index (χ0) is 22.9. The number of ketones is 1. The molecule has 162 valence electrons. The predicted octanol–water partition coefficient (Wildman–Crippen LogP) is 5.70. The minimum atomic E-state index is -0.504. The molecule has 0 fully saturated rings. The monoisotopic (exact) mass is 425 g/mol. The summed E-state index contributed by atoms with van der Waals surface area (Å²) in [7, 11) is 1.95. The molecule has 0 bridgehead atoms. The summed E-state index contributed by atoms with van der Waals surface area (Å²) in [6, 6.07) is 23.4. The molecule has 0 aliphatic carbocycles. The van der Waals surface area contributed by atoms with Gasteiger partial charge >= 0.3 is 5.97 Å². The Balaban J connectivity index is 1.50. The highest BCUT2D eigenvalue weighted by Gasteiger charge is 2.38. The molecule has 0 aromatic heterocycles. The Hall–Kier alpha value is -3.66. The van der Waals surface area contributed by atoms with Crippen LogP contribution >= 0.6 is 0 Å². The molecule has 32 heavy (non-hydrogen) atoms. The number of allylic oxidation sites excluding steroid dienone is 1. The largest absolute Gasteiger partial charge is 0.454 e. The first kappa shape index (κ1) is 21.6. The standard InChI is InChI=1S/C28H27NO3/c1-19-13-15-20(16-14-19)22-9-5-6-10-23(22)27(31)32-18-21(30)17-26-28(2,3)24-11-7-8-12-25(24)29(26)4/h5-17H,18H2,1-4H3. The van der Waals surface area contributed by atoms with Gasteiger partial charge in [0, 0.05) is 29.9 Å². The van der Waals surface area contributed by atoms with Gasteiger partial charge in [0.1, 0.15) is 0 Å². The van der Waals surface area contributed by atoms with Crippen LogP contribution in [0.2, 0.25) is 0 Å². The van der Waals surface area contributed by atoms with Gasteiger partial charge in [-0.05, 0) is 35.7 Å². The van der Waals surface area contributed by atoms with Crippen LogP contribution in [0.25, 0.3) is 11.1 Å². The molecule has 0 spiro atoms. The highest BCUT2D eigenvalue weighted by Crippen LogP contribution is 2.46. The number of rotatable bonds is 5. The van der Waals surface area contributed by atoms with E-state index in [4.69, 9.17) is 4.74 Å². The zero-order valence-corrected chi connectivity index (χ0v) is 18.9. The van der Waals surface area contributed by atoms with Gasteiger partial charge in [0.25, 0.3) is 0 Å². The van der Waals surface area contributed by atoms with Crippen LogP contribution < -0.4 is 4.90 Å². The normalized spacial score (nSPS) is 15.5. The number of nitrogens with zero attached hydrogens (tertiary/aromatic N) is 1. The van der Waals surface area contributed by atoms with Crippen LogP contribution in [0.4, 0.5) is 5.69 Å². The molecule has 3 aromatic carbocycles. The maximum Gasteiger partial charge on any atom is 0.339 e. The second-order valence-corrected chi connectivity index (χ2v) is 8.68. The predicted molar refractivity (Wildman–Crippen MR) is 128 cm³/mol. The maximum absolute atomic E-state index is 12.8. The Morgan fingerprint density at radius 1 is 0.938 bits per heavy atom. The lowest BCUT2D eigenvalue weighted by Crippen LogP contribution is -2.25. The summed E-state index contributed by atoms with van der Waals surface area (Å²) in [6.07, 6.45) is 1.60. The van der Waals surface area contributed by atoms with Crippen molar-refractivity contribution < 1.29 is 14.3 Å². The molecule has 1 heterocycles. The van der Waals surface area contributed by atoms with Gasteiger partial charge in [0.15, 0.2) is 12.4 Å². The van der Waals surface area contributed by atoms with Crippen LogP contribution in [0.5, 0.6) is 0 Å². The summed E-state index contributed by atoms with van der Waals surface area (Å²) in [4.78, 5) is 27.6. The Labute approximate surface area is 189 Å². The number of hydrogen-bond donors (Lipinski definition) is 0. The average molecular weight is 426 g/mol. The van der Waals surface area contributed by atoms with Crippen molar-refractivity contribution in [3.05, 3.63) is 101 Å². The number of carbonyl (C=O) groups is 2. The minimum absolute atomic E-state index is 0.242. The van der Waals surface area contributed by atoms with E-state index in [0.29, 0.717) is 5.56 Å². The fourth-order valence-corrected chi connectivity index (χ4v) is 4.31. The number of benzene rings is 3. The van der Waals surface area contributed by atoms with Gasteiger partial charge in [-0.2, -0.15) is 0 Å². The number of likely N-dealkylation sites (N-methyl/N-ethyl adjacent to an activating group) is 1. The van der Waals surface area contributed by atoms with E-state index >= 15 is 0 Å². The van der Waals surface area contributed by atoms with Gasteiger partial charge in [-0.1, -0.05) is 80.1 Å². The molecule has 3 aromatic rings. The number of carbonyl (C=O) groups excluding carboxylic acids is 2. The Morgan fingerprint density at radius 2 is 1.59 bits per heavy atom. The zero-order valence-electron chi connectivity index (χ0n) is 18.9. The Morgan fingerprint density at radius 3 is 2.31 bits per heavy atom. The molecule has 4 rings (SSSR count). The minimum Gasteiger partial charge on any atom is -0.454 e. The molecule has 0 saturated carbocycles. The molecule has 0 amide bonds. The lowest BCUT2D eigenvalue weighted by atomic mass is 9.83. The second-order valence-electron chi connectivity index (χ2n) is 8.68. The third-order valence-corrected chi connectivity index (χ3v) is 6.09. The van der Waals surface area contributed by atoms with E-state index in [1.54, 1.807) is 18.2 Å². The van der Waals surface area contributed by atoms with E-state index in [1.807, 2.05) is 73.5 Å². The fraction of sp³-hybridized carbons (Fsp3) is 0.214. The molecule has 0 unspecified atom stereocenters.